The molecule has 4 nitrogen and oxygen atoms in total. The molecule has 0 amide bonds. The lowest BCUT2D eigenvalue weighted by Crippen LogP contribution is -2.51. The summed E-state index contributed by atoms with van der Waals surface area (Å²) in [6.45, 7) is 3.61. The molecule has 1 aromatic carbocycles. The lowest BCUT2D eigenvalue weighted by atomic mass is 9.51. The van der Waals surface area contributed by atoms with Crippen LogP contribution in [-0.2, 0) is 17.2 Å². The molecule has 0 saturated heterocycles. The first-order chi connectivity index (χ1) is 20.6. The van der Waals surface area contributed by atoms with Crippen LogP contribution in [-0.4, -0.2) is 75.3 Å². The summed E-state index contributed by atoms with van der Waals surface area (Å²) in [7, 11) is 0.547. The fourth-order valence-corrected chi connectivity index (χ4v) is 9.60. The predicted octanol–water partition coefficient (Wildman–Crippen LogP) is 7.78. The maximum atomic E-state index is 15.9. The highest BCUT2D eigenvalue weighted by atomic mass is 32.2. The molecule has 2 N–H and O–H groups in total. The summed E-state index contributed by atoms with van der Waals surface area (Å²) in [5.41, 5.74) is 1.71. The number of unbranched alkanes of at least 4 members (excludes halogenated alkanes) is 3. The monoisotopic (exact) mass is 653 g/mol. The molecule has 1 unspecified atom stereocenters. The lowest BCUT2D eigenvalue weighted by Gasteiger charge is -2.54. The summed E-state index contributed by atoms with van der Waals surface area (Å²) in [6.07, 6.45) is -0.238. The number of fused-ring (bicyclic) bond motifs is 5. The Morgan fingerprint density at radius 2 is 1.68 bits per heavy atom. The summed E-state index contributed by atoms with van der Waals surface area (Å²) in [4.78, 5) is 2.12. The molecule has 0 spiro atoms. The van der Waals surface area contributed by atoms with Gasteiger partial charge in [-0.15, -0.1) is 0 Å². The average molecular weight is 654 g/mol. The molecule has 3 aliphatic rings. The number of benzene rings is 1. The van der Waals surface area contributed by atoms with Gasteiger partial charge in [-0.25, -0.2) is 4.39 Å². The summed E-state index contributed by atoms with van der Waals surface area (Å²) in [5, 5.41) is 21.0. The molecule has 1 aromatic rings. The van der Waals surface area contributed by atoms with Gasteiger partial charge in [0.15, 0.2) is 0 Å². The van der Waals surface area contributed by atoms with Gasteiger partial charge in [-0.05, 0) is 118 Å². The molecule has 0 bridgehead atoms. The van der Waals surface area contributed by atoms with Crippen molar-refractivity contribution in [2.75, 3.05) is 31.6 Å². The third kappa shape index (κ3) is 8.14. The summed E-state index contributed by atoms with van der Waals surface area (Å²) in [6, 6.07) is 5.39. The lowest BCUT2D eigenvalue weighted by molar-refractivity contribution is -0.284. The average Bonchev–Trinajstić information content (AvgIpc) is 3.22. The number of phenols is 1. The first kappa shape index (κ1) is 35.5. The molecular weight excluding hydrogens is 604 g/mol. The zero-order valence-corrected chi connectivity index (χ0v) is 26.8. The minimum absolute atomic E-state index is 0.155. The van der Waals surface area contributed by atoms with E-state index in [9.17, 15) is 36.4 Å². The van der Waals surface area contributed by atoms with E-state index in [0.717, 1.165) is 69.0 Å². The topological polar surface area (TPSA) is 60.8 Å². The highest BCUT2D eigenvalue weighted by Crippen LogP contribution is 2.63. The van der Waals surface area contributed by atoms with Gasteiger partial charge in [0.25, 0.3) is 0 Å². The first-order valence-corrected chi connectivity index (χ1v) is 17.7. The van der Waals surface area contributed by atoms with Crippen molar-refractivity contribution in [3.63, 3.8) is 0 Å². The van der Waals surface area contributed by atoms with Gasteiger partial charge in [0.05, 0.1) is 6.10 Å². The van der Waals surface area contributed by atoms with Crippen molar-refractivity contribution in [2.24, 2.45) is 23.2 Å². The zero-order chi connectivity index (χ0) is 32.3. The van der Waals surface area contributed by atoms with Crippen molar-refractivity contribution < 1.29 is 40.8 Å². The Balaban J connectivity index is 1.17. The number of rotatable bonds is 15. The van der Waals surface area contributed by atoms with E-state index in [2.05, 4.69) is 11.8 Å². The molecule has 0 radical (unpaired) electrons. The quantitative estimate of drug-likeness (QED) is 0.150. The SMILES string of the molecule is CN(CCCCCC[C@@H]1Cc2cc(O)ccc2[C@@H]2[C@@H]1[C@@H]1CC[C@H](O)[C@@]1(C)C[C@@H]2F)CCCS(=O)CCCC(F)(F)C(F)(F)F. The van der Waals surface area contributed by atoms with E-state index in [4.69, 9.17) is 0 Å². The number of aliphatic hydroxyl groups is 1. The molecule has 0 heterocycles. The molecule has 2 saturated carbocycles. The van der Waals surface area contributed by atoms with Gasteiger partial charge >= 0.3 is 12.1 Å². The molecule has 8 atom stereocenters. The van der Waals surface area contributed by atoms with E-state index in [1.165, 1.54) is 0 Å². The van der Waals surface area contributed by atoms with E-state index in [0.29, 0.717) is 31.2 Å². The Morgan fingerprint density at radius 1 is 1.00 bits per heavy atom. The van der Waals surface area contributed by atoms with Crippen LogP contribution in [0.2, 0.25) is 0 Å². The third-order valence-electron chi connectivity index (χ3n) is 10.8. The highest BCUT2D eigenvalue weighted by Gasteiger charge is 2.60. The third-order valence-corrected chi connectivity index (χ3v) is 12.3. The maximum Gasteiger partial charge on any atom is 0.453 e. The van der Waals surface area contributed by atoms with Crippen molar-refractivity contribution >= 4 is 10.8 Å². The molecule has 0 aromatic heterocycles. The fraction of sp³-hybridized carbons (Fsp3) is 0.818. The van der Waals surface area contributed by atoms with E-state index in [1.54, 1.807) is 12.1 Å². The zero-order valence-electron chi connectivity index (χ0n) is 25.9. The minimum atomic E-state index is -5.57. The van der Waals surface area contributed by atoms with E-state index >= 15 is 4.39 Å². The van der Waals surface area contributed by atoms with Gasteiger partial charge < -0.3 is 15.1 Å². The maximum absolute atomic E-state index is 15.9. The minimum Gasteiger partial charge on any atom is -0.508 e. The van der Waals surface area contributed by atoms with Crippen molar-refractivity contribution in [3.05, 3.63) is 29.3 Å². The van der Waals surface area contributed by atoms with Crippen LogP contribution in [0.4, 0.5) is 26.3 Å². The van der Waals surface area contributed by atoms with Crippen LogP contribution in [0.1, 0.15) is 94.6 Å². The summed E-state index contributed by atoms with van der Waals surface area (Å²) in [5.74, 6) is -3.78. The van der Waals surface area contributed by atoms with Crippen LogP contribution in [0.5, 0.6) is 5.75 Å². The van der Waals surface area contributed by atoms with Crippen molar-refractivity contribution in [1.29, 1.82) is 0 Å². The van der Waals surface area contributed by atoms with Crippen molar-refractivity contribution in [3.8, 4) is 5.75 Å². The second-order valence-corrected chi connectivity index (χ2v) is 15.6. The Morgan fingerprint density at radius 3 is 2.41 bits per heavy atom. The van der Waals surface area contributed by atoms with Gasteiger partial charge in [0.1, 0.15) is 11.9 Å². The Hall–Kier alpha value is -1.33. The standard InChI is InChI=1S/C33H49F6NO3S/c1-31-21-27(34)30-25-11-10-24(41)20-23(25)19-22(29(30)26(31)12-13-28(31)42)9-5-3-4-6-15-40(2)16-8-18-44(43)17-7-14-32(35,36)33(37,38)39/h10-11,20,22,26-30,41-42H,3-9,12-19,21H2,1-2H3/t22-,26+,27+,28+,29+,30+,31+,44?/m1/s1. The van der Waals surface area contributed by atoms with E-state index < -0.39 is 48.0 Å². The number of phenolic OH excluding ortho intramolecular Hbond substituents is 1. The first-order valence-electron chi connectivity index (χ1n) is 16.3. The molecule has 0 aliphatic heterocycles. The highest BCUT2D eigenvalue weighted by molar-refractivity contribution is 7.84. The Kier molecular flexibility index (Phi) is 11.8. The normalized spacial score (nSPS) is 31.0. The molecule has 3 aliphatic carbocycles. The largest absolute Gasteiger partial charge is 0.508 e. The molecule has 44 heavy (non-hydrogen) atoms. The summed E-state index contributed by atoms with van der Waals surface area (Å²) < 4.78 is 90.6. The smallest absolute Gasteiger partial charge is 0.453 e. The Bertz CT molecular complexity index is 1120. The molecular formula is C33H49F6NO3S. The van der Waals surface area contributed by atoms with Crippen LogP contribution in [0.15, 0.2) is 18.2 Å². The predicted molar refractivity (Wildman–Crippen MR) is 161 cm³/mol. The summed E-state index contributed by atoms with van der Waals surface area (Å²) >= 11 is 0. The number of aliphatic hydroxyl groups excluding tert-OH is 1. The number of halogens is 6. The van der Waals surface area contributed by atoms with Crippen LogP contribution >= 0.6 is 0 Å². The van der Waals surface area contributed by atoms with Crippen LogP contribution < -0.4 is 0 Å². The number of aromatic hydroxyl groups is 1. The fourth-order valence-electron chi connectivity index (χ4n) is 8.48. The molecule has 4 rings (SSSR count). The van der Waals surface area contributed by atoms with E-state index in [-0.39, 0.29) is 34.5 Å². The van der Waals surface area contributed by atoms with Crippen molar-refractivity contribution in [1.82, 2.24) is 4.90 Å². The second-order valence-electron chi connectivity index (χ2n) is 13.9. The van der Waals surface area contributed by atoms with Gasteiger partial charge in [-0.2, -0.15) is 22.0 Å². The van der Waals surface area contributed by atoms with Crippen molar-refractivity contribution in [2.45, 2.75) is 114 Å². The van der Waals surface area contributed by atoms with Crippen LogP contribution in [0.3, 0.4) is 0 Å². The molecule has 11 heteroatoms. The number of hydrogen-bond acceptors (Lipinski definition) is 4. The second kappa shape index (κ2) is 14.6. The van der Waals surface area contributed by atoms with Gasteiger partial charge in [-0.3, -0.25) is 4.21 Å². The molecule has 2 fully saturated rings. The van der Waals surface area contributed by atoms with Gasteiger partial charge in [0.2, 0.25) is 0 Å². The van der Waals surface area contributed by atoms with E-state index in [1.807, 2.05) is 13.1 Å². The number of alkyl halides is 6. The van der Waals surface area contributed by atoms with Crippen LogP contribution in [0, 0.1) is 23.2 Å². The Labute approximate surface area is 260 Å². The number of hydrogen-bond donors (Lipinski definition) is 2. The molecule has 252 valence electrons. The number of nitrogens with zero attached hydrogens (tertiary/aromatic N) is 1. The van der Waals surface area contributed by atoms with Gasteiger partial charge in [-0.1, -0.05) is 32.3 Å². The van der Waals surface area contributed by atoms with Crippen LogP contribution in [0.25, 0.3) is 0 Å². The van der Waals surface area contributed by atoms with Gasteiger partial charge in [0, 0.05) is 34.6 Å².